The van der Waals surface area contributed by atoms with E-state index in [2.05, 4.69) is 29.8 Å². The molecule has 4 rings (SSSR count). The summed E-state index contributed by atoms with van der Waals surface area (Å²) >= 11 is 3.30. The van der Waals surface area contributed by atoms with Crippen LogP contribution in [0.15, 0.2) is 18.2 Å². The third kappa shape index (κ3) is 4.58. The van der Waals surface area contributed by atoms with Crippen LogP contribution in [0.25, 0.3) is 20.8 Å². The molecule has 1 atom stereocenters. The smallest absolute Gasteiger partial charge is 0.226 e. The average molecular weight is 445 g/mol. The number of fused-ring (bicyclic) bond motifs is 2. The number of thiazole rings is 1. The van der Waals surface area contributed by atoms with E-state index in [1.54, 1.807) is 29.6 Å². The first kappa shape index (κ1) is 21.4. The Morgan fingerprint density at radius 2 is 2.13 bits per heavy atom. The first-order chi connectivity index (χ1) is 14.4. The highest BCUT2D eigenvalue weighted by Gasteiger charge is 2.25. The molecule has 0 spiro atoms. The molecule has 30 heavy (non-hydrogen) atoms. The molecular formula is C22H28N4O2S2. The molecule has 8 heteroatoms. The van der Waals surface area contributed by atoms with Crippen LogP contribution >= 0.6 is 22.7 Å². The number of amides is 1. The predicted octanol–water partition coefficient (Wildman–Crippen LogP) is 4.05. The minimum absolute atomic E-state index is 0.0217. The Kier molecular flexibility index (Phi) is 6.50. The van der Waals surface area contributed by atoms with Gasteiger partial charge in [0, 0.05) is 36.0 Å². The zero-order chi connectivity index (χ0) is 21.3. The lowest BCUT2D eigenvalue weighted by molar-refractivity contribution is -0.116. The first-order valence-corrected chi connectivity index (χ1v) is 12.0. The molecule has 0 saturated carbocycles. The van der Waals surface area contributed by atoms with Crippen molar-refractivity contribution in [3.05, 3.63) is 34.2 Å². The number of nitrogens with one attached hydrogen (secondary N) is 3. The van der Waals surface area contributed by atoms with Crippen molar-refractivity contribution in [3.63, 3.8) is 0 Å². The van der Waals surface area contributed by atoms with Gasteiger partial charge >= 0.3 is 0 Å². The van der Waals surface area contributed by atoms with E-state index >= 15 is 0 Å². The van der Waals surface area contributed by atoms with Crippen LogP contribution in [0, 0.1) is 0 Å². The third-order valence-corrected chi connectivity index (χ3v) is 7.39. The van der Waals surface area contributed by atoms with Gasteiger partial charge in [0.2, 0.25) is 5.91 Å². The first-order valence-electron chi connectivity index (χ1n) is 10.4. The molecule has 1 aromatic carbocycles. The highest BCUT2D eigenvalue weighted by Crippen LogP contribution is 2.45. The SMILES string of the molecule is CC(C)NCCC(=O)Nc1sc2c(c1-c1nc3cc(C(C)O)ccc3s1)CCNC2. The molecule has 0 radical (unpaired) electrons. The number of benzene rings is 1. The quantitative estimate of drug-likeness (QED) is 0.442. The maximum Gasteiger partial charge on any atom is 0.226 e. The molecule has 3 aromatic rings. The molecule has 3 heterocycles. The Morgan fingerprint density at radius 1 is 1.30 bits per heavy atom. The van der Waals surface area contributed by atoms with Crippen LogP contribution in [0.2, 0.25) is 0 Å². The number of aromatic nitrogens is 1. The molecule has 0 saturated heterocycles. The zero-order valence-corrected chi connectivity index (χ0v) is 19.2. The van der Waals surface area contributed by atoms with Gasteiger partial charge in [-0.2, -0.15) is 0 Å². The minimum atomic E-state index is -0.520. The van der Waals surface area contributed by atoms with Crippen LogP contribution in [-0.2, 0) is 17.8 Å². The molecule has 160 valence electrons. The van der Waals surface area contributed by atoms with Crippen molar-refractivity contribution < 1.29 is 9.90 Å². The number of carbonyl (C=O) groups is 1. The highest BCUT2D eigenvalue weighted by atomic mass is 32.1. The van der Waals surface area contributed by atoms with Crippen molar-refractivity contribution in [2.45, 2.75) is 52.3 Å². The van der Waals surface area contributed by atoms with E-state index in [1.165, 1.54) is 10.4 Å². The van der Waals surface area contributed by atoms with Gasteiger partial charge in [0.25, 0.3) is 0 Å². The van der Waals surface area contributed by atoms with Crippen LogP contribution < -0.4 is 16.0 Å². The van der Waals surface area contributed by atoms with Gasteiger partial charge in [0.1, 0.15) is 10.0 Å². The molecular weight excluding hydrogens is 416 g/mol. The summed E-state index contributed by atoms with van der Waals surface area (Å²) in [4.78, 5) is 18.7. The molecule has 6 nitrogen and oxygen atoms in total. The number of anilines is 1. The number of aliphatic hydroxyl groups is 1. The number of aliphatic hydroxyl groups excluding tert-OH is 1. The van der Waals surface area contributed by atoms with E-state index in [4.69, 9.17) is 4.98 Å². The van der Waals surface area contributed by atoms with Crippen molar-refractivity contribution in [1.29, 1.82) is 0 Å². The molecule has 1 aliphatic heterocycles. The van der Waals surface area contributed by atoms with Crippen LogP contribution in [0.4, 0.5) is 5.00 Å². The molecule has 1 aliphatic rings. The fourth-order valence-electron chi connectivity index (χ4n) is 3.62. The topological polar surface area (TPSA) is 86.3 Å². The van der Waals surface area contributed by atoms with Gasteiger partial charge in [0.15, 0.2) is 0 Å². The Bertz CT molecular complexity index is 1060. The van der Waals surface area contributed by atoms with Crippen LogP contribution in [0.1, 0.15) is 49.3 Å². The van der Waals surface area contributed by atoms with E-state index in [9.17, 15) is 9.90 Å². The predicted molar refractivity (Wildman–Crippen MR) is 125 cm³/mol. The number of hydrogen-bond acceptors (Lipinski definition) is 7. The number of carbonyl (C=O) groups excluding carboxylic acids is 1. The zero-order valence-electron chi connectivity index (χ0n) is 17.5. The molecule has 1 unspecified atom stereocenters. The summed E-state index contributed by atoms with van der Waals surface area (Å²) in [5, 5.41) is 21.6. The second kappa shape index (κ2) is 9.11. The highest BCUT2D eigenvalue weighted by molar-refractivity contribution is 7.22. The van der Waals surface area contributed by atoms with E-state index in [0.29, 0.717) is 19.0 Å². The fraction of sp³-hybridized carbons (Fsp3) is 0.455. The summed E-state index contributed by atoms with van der Waals surface area (Å²) in [6.45, 7) is 8.33. The summed E-state index contributed by atoms with van der Waals surface area (Å²) in [6.07, 6.45) is 0.852. The largest absolute Gasteiger partial charge is 0.389 e. The second-order valence-electron chi connectivity index (χ2n) is 7.96. The van der Waals surface area contributed by atoms with Crippen molar-refractivity contribution in [2.75, 3.05) is 18.4 Å². The number of rotatable bonds is 7. The van der Waals surface area contributed by atoms with Gasteiger partial charge in [-0.3, -0.25) is 4.79 Å². The average Bonchev–Trinajstić information content (AvgIpc) is 3.27. The van der Waals surface area contributed by atoms with Crippen molar-refractivity contribution in [3.8, 4) is 10.6 Å². The van der Waals surface area contributed by atoms with Crippen LogP contribution in [0.3, 0.4) is 0 Å². The molecule has 0 bridgehead atoms. The van der Waals surface area contributed by atoms with E-state index in [-0.39, 0.29) is 5.91 Å². The lowest BCUT2D eigenvalue weighted by Gasteiger charge is -2.13. The Morgan fingerprint density at radius 3 is 2.90 bits per heavy atom. The maximum absolute atomic E-state index is 12.6. The molecule has 0 fully saturated rings. The Labute approximate surface area is 184 Å². The van der Waals surface area contributed by atoms with E-state index in [0.717, 1.165) is 50.9 Å². The molecule has 2 aromatic heterocycles. The summed E-state index contributed by atoms with van der Waals surface area (Å²) in [5.41, 5.74) is 4.12. The summed E-state index contributed by atoms with van der Waals surface area (Å²) in [6, 6.07) is 6.29. The van der Waals surface area contributed by atoms with E-state index < -0.39 is 6.10 Å². The Hall–Kier alpha value is -1.84. The summed E-state index contributed by atoms with van der Waals surface area (Å²) in [5.74, 6) is 0.0217. The fourth-order valence-corrected chi connectivity index (χ4v) is 5.95. The van der Waals surface area contributed by atoms with Gasteiger partial charge in [-0.25, -0.2) is 4.98 Å². The van der Waals surface area contributed by atoms with Gasteiger partial charge in [-0.1, -0.05) is 19.9 Å². The van der Waals surface area contributed by atoms with Crippen LogP contribution in [-0.4, -0.2) is 35.1 Å². The summed E-state index contributed by atoms with van der Waals surface area (Å²) < 4.78 is 1.08. The van der Waals surface area contributed by atoms with Gasteiger partial charge < -0.3 is 21.1 Å². The van der Waals surface area contributed by atoms with Crippen LogP contribution in [0.5, 0.6) is 0 Å². The van der Waals surface area contributed by atoms with Crippen molar-refractivity contribution in [1.82, 2.24) is 15.6 Å². The molecule has 1 amide bonds. The number of nitrogens with zero attached hydrogens (tertiary/aromatic N) is 1. The third-order valence-electron chi connectivity index (χ3n) is 5.19. The standard InChI is InChI=1S/C22H28N4O2S2/c1-12(2)24-9-7-19(28)26-22-20(15-6-8-23-11-18(15)30-22)21-25-16-10-14(13(3)27)4-5-17(16)29-21/h4-5,10,12-13,23-24,27H,6-9,11H2,1-3H3,(H,26,28). The second-order valence-corrected chi connectivity index (χ2v) is 10.1. The van der Waals surface area contributed by atoms with Crippen molar-refractivity contribution >= 4 is 43.8 Å². The molecule has 4 N–H and O–H groups in total. The van der Waals surface area contributed by atoms with Gasteiger partial charge in [-0.15, -0.1) is 22.7 Å². The monoisotopic (exact) mass is 444 g/mol. The number of hydrogen-bond donors (Lipinski definition) is 4. The minimum Gasteiger partial charge on any atom is -0.389 e. The Balaban J connectivity index is 1.67. The number of thiophene rings is 1. The van der Waals surface area contributed by atoms with Gasteiger partial charge in [0.05, 0.1) is 16.3 Å². The van der Waals surface area contributed by atoms with E-state index in [1.807, 2.05) is 18.2 Å². The van der Waals surface area contributed by atoms with Gasteiger partial charge in [-0.05, 0) is 43.1 Å². The normalized spacial score (nSPS) is 14.8. The van der Waals surface area contributed by atoms with Crippen molar-refractivity contribution in [2.24, 2.45) is 0 Å². The molecule has 0 aliphatic carbocycles. The lowest BCUT2D eigenvalue weighted by Crippen LogP contribution is -2.27. The lowest BCUT2D eigenvalue weighted by atomic mass is 10.0. The maximum atomic E-state index is 12.6. The summed E-state index contributed by atoms with van der Waals surface area (Å²) in [7, 11) is 0.